The maximum Gasteiger partial charge on any atom is 0.262 e. The highest BCUT2D eigenvalue weighted by Crippen LogP contribution is 2.35. The Kier molecular flexibility index (Phi) is 10.4. The standard InChI is InChI=1S/C44H42N8O7/c53-40-12-11-39(42(54)46-40)52-43(55)35-9-7-33(26-36(35)44(52)56)59-24-23-58-22-21-49-17-19-50(20-18-49)31-3-5-32(6-4-31)51-27-37(41(47-51)28-13-15-45-16-14-28)30-1-8-34-29(25-30)2-10-38(34)48-57/h1,3-9,13-16,25-27,39,57H,2,10-12,17-24H2,(H,46,53,54)/b48-38+. The van der Waals surface area contributed by atoms with Crippen molar-refractivity contribution in [2.45, 2.75) is 31.7 Å². The first-order valence-electron chi connectivity index (χ1n) is 19.8. The first-order chi connectivity index (χ1) is 28.8. The molecule has 0 bridgehead atoms. The van der Waals surface area contributed by atoms with Gasteiger partial charge < -0.3 is 19.6 Å². The second kappa shape index (κ2) is 16.3. The van der Waals surface area contributed by atoms with Gasteiger partial charge in [0, 0.05) is 80.1 Å². The lowest BCUT2D eigenvalue weighted by atomic mass is 9.98. The van der Waals surface area contributed by atoms with Crippen LogP contribution in [-0.2, 0) is 20.7 Å². The Hall–Kier alpha value is -6.71. The second-order valence-corrected chi connectivity index (χ2v) is 15.0. The molecular weight excluding hydrogens is 753 g/mol. The molecule has 1 atom stereocenters. The number of hydrogen-bond donors (Lipinski definition) is 2. The molecule has 15 heteroatoms. The number of aromatic nitrogens is 3. The molecule has 300 valence electrons. The molecule has 5 aromatic rings. The van der Waals surface area contributed by atoms with Crippen LogP contribution < -0.4 is 15.0 Å². The number of benzene rings is 3. The zero-order valence-electron chi connectivity index (χ0n) is 32.3. The fraction of sp³-hybridized carbons (Fsp3) is 0.295. The second-order valence-electron chi connectivity index (χ2n) is 15.0. The van der Waals surface area contributed by atoms with E-state index >= 15 is 0 Å². The quantitative estimate of drug-likeness (QED) is 0.0797. The lowest BCUT2D eigenvalue weighted by Crippen LogP contribution is -2.54. The van der Waals surface area contributed by atoms with Crippen molar-refractivity contribution >= 4 is 35.0 Å². The Morgan fingerprint density at radius 1 is 0.746 bits per heavy atom. The minimum atomic E-state index is -1.01. The third kappa shape index (κ3) is 7.57. The molecule has 2 N–H and O–H groups in total. The van der Waals surface area contributed by atoms with E-state index in [2.05, 4.69) is 67.9 Å². The van der Waals surface area contributed by atoms with Crippen molar-refractivity contribution in [3.05, 3.63) is 114 Å². The molecule has 1 unspecified atom stereocenters. The number of fused-ring (bicyclic) bond motifs is 2. The Balaban J connectivity index is 0.746. The summed E-state index contributed by atoms with van der Waals surface area (Å²) in [6.07, 6.45) is 7.38. The van der Waals surface area contributed by atoms with Crippen LogP contribution in [0.2, 0.25) is 0 Å². The predicted octanol–water partition coefficient (Wildman–Crippen LogP) is 4.34. The van der Waals surface area contributed by atoms with Crippen LogP contribution in [0.4, 0.5) is 5.69 Å². The number of amides is 4. The molecule has 4 amide bonds. The number of carbonyl (C=O) groups is 4. The number of anilines is 1. The van der Waals surface area contributed by atoms with Crippen molar-refractivity contribution < 1.29 is 33.9 Å². The summed E-state index contributed by atoms with van der Waals surface area (Å²) in [7, 11) is 0. The Morgan fingerprint density at radius 2 is 1.51 bits per heavy atom. The topological polar surface area (TPSA) is 172 Å². The van der Waals surface area contributed by atoms with E-state index in [0.29, 0.717) is 19.0 Å². The first kappa shape index (κ1) is 37.8. The number of piperidine rings is 1. The number of rotatable bonds is 12. The maximum absolute atomic E-state index is 13.1. The third-order valence-corrected chi connectivity index (χ3v) is 11.5. The zero-order valence-corrected chi connectivity index (χ0v) is 32.3. The van der Waals surface area contributed by atoms with Crippen molar-refractivity contribution in [3.63, 3.8) is 0 Å². The number of nitrogens with zero attached hydrogens (tertiary/aromatic N) is 7. The van der Waals surface area contributed by atoms with Gasteiger partial charge in [0.25, 0.3) is 11.8 Å². The Morgan fingerprint density at radius 3 is 2.29 bits per heavy atom. The van der Waals surface area contributed by atoms with E-state index < -0.39 is 29.7 Å². The van der Waals surface area contributed by atoms with Crippen molar-refractivity contribution in [2.24, 2.45) is 5.16 Å². The highest BCUT2D eigenvalue weighted by atomic mass is 16.5. The van der Waals surface area contributed by atoms with Crippen LogP contribution in [0, 0.1) is 0 Å². The molecule has 0 radical (unpaired) electrons. The number of hydrogen-bond acceptors (Lipinski definition) is 12. The molecule has 0 saturated carbocycles. The number of nitrogens with one attached hydrogen (secondary N) is 1. The van der Waals surface area contributed by atoms with Crippen molar-refractivity contribution in [1.29, 1.82) is 0 Å². The smallest absolute Gasteiger partial charge is 0.262 e. The number of aryl methyl sites for hydroxylation is 1. The normalized spacial score (nSPS) is 18.7. The minimum Gasteiger partial charge on any atom is -0.491 e. The third-order valence-electron chi connectivity index (χ3n) is 11.5. The SMILES string of the molecule is O=C1CCC(N2C(=O)c3ccc(OCCOCCN4CCN(c5ccc(-n6cc(-c7ccc8c(c7)CC/C8=N\O)c(-c7ccncc7)n6)cc5)CC4)cc3C2=O)C(=O)N1. The number of ether oxygens (including phenoxy) is 2. The highest BCUT2D eigenvalue weighted by molar-refractivity contribution is 6.23. The number of imide groups is 2. The van der Waals surface area contributed by atoms with Crippen LogP contribution in [0.1, 0.15) is 51.1 Å². The maximum atomic E-state index is 13.1. The van der Waals surface area contributed by atoms with Crippen molar-refractivity contribution in [1.82, 2.24) is 29.9 Å². The van der Waals surface area contributed by atoms with E-state index in [9.17, 15) is 24.4 Å². The number of pyridine rings is 1. The van der Waals surface area contributed by atoms with E-state index in [1.165, 1.54) is 17.7 Å². The Labute approximate surface area is 339 Å². The summed E-state index contributed by atoms with van der Waals surface area (Å²) in [5, 5.41) is 20.2. The average Bonchev–Trinajstić information content (AvgIpc) is 3.97. The van der Waals surface area contributed by atoms with Crippen LogP contribution >= 0.6 is 0 Å². The van der Waals surface area contributed by atoms with Gasteiger partial charge in [-0.3, -0.25) is 39.3 Å². The van der Waals surface area contributed by atoms with Gasteiger partial charge in [0.05, 0.1) is 35.7 Å². The zero-order chi connectivity index (χ0) is 40.5. The van der Waals surface area contributed by atoms with E-state index in [-0.39, 0.29) is 30.6 Å². The van der Waals surface area contributed by atoms with Crippen LogP contribution in [0.5, 0.6) is 5.75 Å². The summed E-state index contributed by atoms with van der Waals surface area (Å²) in [5.41, 5.74) is 9.33. The predicted molar refractivity (Wildman–Crippen MR) is 217 cm³/mol. The molecule has 15 nitrogen and oxygen atoms in total. The van der Waals surface area contributed by atoms with Gasteiger partial charge in [0.2, 0.25) is 11.8 Å². The number of carbonyl (C=O) groups excluding carboxylic acids is 4. The van der Waals surface area contributed by atoms with Crippen LogP contribution in [-0.4, -0.2) is 118 Å². The molecule has 4 aliphatic rings. The monoisotopic (exact) mass is 794 g/mol. The van der Waals surface area contributed by atoms with Gasteiger partial charge in [-0.25, -0.2) is 4.68 Å². The van der Waals surface area contributed by atoms with Crippen molar-refractivity contribution in [3.8, 4) is 33.8 Å². The van der Waals surface area contributed by atoms with Gasteiger partial charge in [-0.05, 0) is 85.0 Å². The average molecular weight is 795 g/mol. The molecule has 59 heavy (non-hydrogen) atoms. The molecule has 1 aliphatic carbocycles. The summed E-state index contributed by atoms with van der Waals surface area (Å²) < 4.78 is 13.6. The molecule has 9 rings (SSSR count). The van der Waals surface area contributed by atoms with Gasteiger partial charge in [0.1, 0.15) is 24.1 Å². The molecule has 5 heterocycles. The van der Waals surface area contributed by atoms with Crippen LogP contribution in [0.25, 0.3) is 28.1 Å². The molecule has 3 aromatic carbocycles. The lowest BCUT2D eigenvalue weighted by Gasteiger charge is -2.36. The molecule has 2 fully saturated rings. The van der Waals surface area contributed by atoms with E-state index in [1.807, 2.05) is 22.9 Å². The van der Waals surface area contributed by atoms with Crippen LogP contribution in [0.15, 0.2) is 96.5 Å². The number of oxime groups is 1. The molecule has 0 spiro atoms. The van der Waals surface area contributed by atoms with E-state index in [1.54, 1.807) is 18.5 Å². The van der Waals surface area contributed by atoms with Gasteiger partial charge in [-0.2, -0.15) is 5.10 Å². The van der Waals surface area contributed by atoms with Crippen LogP contribution in [0.3, 0.4) is 0 Å². The summed E-state index contributed by atoms with van der Waals surface area (Å²) in [6.45, 7) is 5.56. The minimum absolute atomic E-state index is 0.0676. The largest absolute Gasteiger partial charge is 0.491 e. The Bertz CT molecular complexity index is 2460. The summed E-state index contributed by atoms with van der Waals surface area (Å²) >= 11 is 0. The van der Waals surface area contributed by atoms with Crippen molar-refractivity contribution in [2.75, 3.05) is 57.4 Å². The molecule has 2 saturated heterocycles. The lowest BCUT2D eigenvalue weighted by molar-refractivity contribution is -0.136. The van der Waals surface area contributed by atoms with Gasteiger partial charge in [-0.1, -0.05) is 23.4 Å². The number of piperazine rings is 1. The van der Waals surface area contributed by atoms with Gasteiger partial charge in [0.15, 0.2) is 0 Å². The van der Waals surface area contributed by atoms with E-state index in [4.69, 9.17) is 14.6 Å². The fourth-order valence-electron chi connectivity index (χ4n) is 8.28. The molecule has 2 aromatic heterocycles. The van der Waals surface area contributed by atoms with Gasteiger partial charge >= 0.3 is 0 Å². The first-order valence-corrected chi connectivity index (χ1v) is 19.8. The summed E-state index contributed by atoms with van der Waals surface area (Å²) in [5.74, 6) is -1.75. The van der Waals surface area contributed by atoms with Gasteiger partial charge in [-0.15, -0.1) is 0 Å². The van der Waals surface area contributed by atoms with E-state index in [0.717, 1.165) is 95.5 Å². The highest BCUT2D eigenvalue weighted by Gasteiger charge is 2.44. The summed E-state index contributed by atoms with van der Waals surface area (Å²) in [4.78, 5) is 59.8. The fourth-order valence-corrected chi connectivity index (χ4v) is 8.28. The summed E-state index contributed by atoms with van der Waals surface area (Å²) in [6, 6.07) is 22.4. The molecule has 3 aliphatic heterocycles. The molecular formula is C44H42N8O7.